The van der Waals surface area contributed by atoms with Gasteiger partial charge in [0.1, 0.15) is 5.76 Å². The third kappa shape index (κ3) is 3.82. The van der Waals surface area contributed by atoms with Crippen LogP contribution in [0.2, 0.25) is 0 Å². The van der Waals surface area contributed by atoms with Crippen LogP contribution < -0.4 is 5.43 Å². The molecule has 3 heterocycles. The standard InChI is InChI=1S/C20H24N2O4/c23-18-11-17(13-21-7-9-25-10-8-21)26-19(20(18)24)14-22-6-5-15-3-1-2-4-16(15)12-22/h1-4,11,24H,5-10,12-14H2. The molecule has 6 nitrogen and oxygen atoms in total. The van der Waals surface area contributed by atoms with Crippen LogP contribution >= 0.6 is 0 Å². The number of hydrogen-bond donors (Lipinski definition) is 1. The van der Waals surface area contributed by atoms with E-state index in [9.17, 15) is 9.90 Å². The lowest BCUT2D eigenvalue weighted by atomic mass is 10.00. The molecule has 1 aromatic heterocycles. The van der Waals surface area contributed by atoms with E-state index in [0.29, 0.717) is 37.8 Å². The zero-order valence-electron chi connectivity index (χ0n) is 14.8. The molecule has 0 amide bonds. The van der Waals surface area contributed by atoms with E-state index in [1.165, 1.54) is 17.2 Å². The molecule has 0 saturated carbocycles. The van der Waals surface area contributed by atoms with Crippen LogP contribution in [0.4, 0.5) is 0 Å². The van der Waals surface area contributed by atoms with Gasteiger partial charge in [-0.15, -0.1) is 0 Å². The lowest BCUT2D eigenvalue weighted by Gasteiger charge is -2.29. The van der Waals surface area contributed by atoms with Crippen molar-refractivity contribution < 1.29 is 14.3 Å². The van der Waals surface area contributed by atoms with Crippen molar-refractivity contribution in [2.24, 2.45) is 0 Å². The molecular weight excluding hydrogens is 332 g/mol. The average molecular weight is 356 g/mol. The molecule has 4 rings (SSSR count). The molecule has 2 aromatic rings. The second-order valence-corrected chi connectivity index (χ2v) is 6.97. The van der Waals surface area contributed by atoms with Crippen molar-refractivity contribution in [3.05, 3.63) is 63.2 Å². The molecule has 2 aliphatic rings. The highest BCUT2D eigenvalue weighted by Crippen LogP contribution is 2.23. The molecule has 6 heteroatoms. The van der Waals surface area contributed by atoms with Gasteiger partial charge in [0.15, 0.2) is 5.76 Å². The van der Waals surface area contributed by atoms with E-state index in [4.69, 9.17) is 9.15 Å². The summed E-state index contributed by atoms with van der Waals surface area (Å²) in [6.45, 7) is 5.72. The van der Waals surface area contributed by atoms with Gasteiger partial charge in [-0.3, -0.25) is 14.6 Å². The highest BCUT2D eigenvalue weighted by atomic mass is 16.5. The fourth-order valence-electron chi connectivity index (χ4n) is 3.64. The van der Waals surface area contributed by atoms with Crippen molar-refractivity contribution in [3.63, 3.8) is 0 Å². The number of ether oxygens (including phenoxy) is 1. The Morgan fingerprint density at radius 1 is 1.00 bits per heavy atom. The molecule has 26 heavy (non-hydrogen) atoms. The van der Waals surface area contributed by atoms with Gasteiger partial charge in [-0.2, -0.15) is 0 Å². The lowest BCUT2D eigenvalue weighted by molar-refractivity contribution is 0.0306. The van der Waals surface area contributed by atoms with Crippen molar-refractivity contribution in [2.75, 3.05) is 32.8 Å². The Balaban J connectivity index is 1.50. The summed E-state index contributed by atoms with van der Waals surface area (Å²) in [7, 11) is 0. The number of nitrogens with zero attached hydrogens (tertiary/aromatic N) is 2. The van der Waals surface area contributed by atoms with Crippen LogP contribution in [0.15, 0.2) is 39.5 Å². The van der Waals surface area contributed by atoms with Crippen molar-refractivity contribution >= 4 is 0 Å². The maximum atomic E-state index is 12.2. The Kier molecular flexibility index (Phi) is 5.06. The van der Waals surface area contributed by atoms with E-state index in [1.807, 2.05) is 6.07 Å². The Morgan fingerprint density at radius 3 is 2.58 bits per heavy atom. The monoisotopic (exact) mass is 356 g/mol. The molecule has 1 N–H and O–H groups in total. The van der Waals surface area contributed by atoms with E-state index in [0.717, 1.165) is 32.6 Å². The normalized spacial score (nSPS) is 18.6. The predicted molar refractivity (Wildman–Crippen MR) is 97.0 cm³/mol. The van der Waals surface area contributed by atoms with Crippen LogP contribution in [0.25, 0.3) is 0 Å². The molecule has 1 fully saturated rings. The van der Waals surface area contributed by atoms with Crippen LogP contribution in [0, 0.1) is 0 Å². The molecular formula is C20H24N2O4. The number of hydrogen-bond acceptors (Lipinski definition) is 6. The highest BCUT2D eigenvalue weighted by molar-refractivity contribution is 5.30. The first-order valence-electron chi connectivity index (χ1n) is 9.13. The number of aromatic hydroxyl groups is 1. The molecule has 0 radical (unpaired) electrons. The molecule has 138 valence electrons. The van der Waals surface area contributed by atoms with E-state index < -0.39 is 0 Å². The molecule has 0 spiro atoms. The summed E-state index contributed by atoms with van der Waals surface area (Å²) < 4.78 is 11.3. The van der Waals surface area contributed by atoms with E-state index in [1.54, 1.807) is 0 Å². The van der Waals surface area contributed by atoms with Crippen LogP contribution in [0.3, 0.4) is 0 Å². The Labute approximate surface area is 152 Å². The summed E-state index contributed by atoms with van der Waals surface area (Å²) in [5.74, 6) is 0.692. The average Bonchev–Trinajstić information content (AvgIpc) is 2.66. The van der Waals surface area contributed by atoms with Gasteiger partial charge in [-0.25, -0.2) is 0 Å². The van der Waals surface area contributed by atoms with Gasteiger partial charge in [0, 0.05) is 32.2 Å². The summed E-state index contributed by atoms with van der Waals surface area (Å²) in [5.41, 5.74) is 2.30. The summed E-state index contributed by atoms with van der Waals surface area (Å²) >= 11 is 0. The van der Waals surface area contributed by atoms with Crippen LogP contribution in [0.1, 0.15) is 22.6 Å². The minimum Gasteiger partial charge on any atom is -0.502 e. The number of morpholine rings is 1. The maximum absolute atomic E-state index is 12.2. The predicted octanol–water partition coefficient (Wildman–Crippen LogP) is 1.74. The number of benzene rings is 1. The van der Waals surface area contributed by atoms with Gasteiger partial charge in [-0.05, 0) is 17.5 Å². The second kappa shape index (κ2) is 7.61. The third-order valence-corrected chi connectivity index (χ3v) is 5.10. The smallest absolute Gasteiger partial charge is 0.227 e. The molecule has 1 saturated heterocycles. The Morgan fingerprint density at radius 2 is 1.77 bits per heavy atom. The van der Waals surface area contributed by atoms with Gasteiger partial charge in [0.2, 0.25) is 11.2 Å². The summed E-state index contributed by atoms with van der Waals surface area (Å²) in [6, 6.07) is 9.80. The third-order valence-electron chi connectivity index (χ3n) is 5.10. The minimum atomic E-state index is -0.369. The fraction of sp³-hybridized carbons (Fsp3) is 0.450. The molecule has 2 aliphatic heterocycles. The zero-order chi connectivity index (χ0) is 17.9. The second-order valence-electron chi connectivity index (χ2n) is 6.97. The van der Waals surface area contributed by atoms with E-state index in [2.05, 4.69) is 28.0 Å². The quantitative estimate of drug-likeness (QED) is 0.900. The SMILES string of the molecule is O=c1cc(CN2CCOCC2)oc(CN2CCc3ccccc3C2)c1O. The first kappa shape index (κ1) is 17.3. The van der Waals surface area contributed by atoms with E-state index in [-0.39, 0.29) is 11.2 Å². The van der Waals surface area contributed by atoms with Crippen molar-refractivity contribution in [1.82, 2.24) is 9.80 Å². The Hall–Kier alpha value is -2.15. The topological polar surface area (TPSA) is 66.2 Å². The van der Waals surface area contributed by atoms with Crippen molar-refractivity contribution in [3.8, 4) is 5.75 Å². The van der Waals surface area contributed by atoms with Gasteiger partial charge in [-0.1, -0.05) is 24.3 Å². The summed E-state index contributed by atoms with van der Waals surface area (Å²) in [6.07, 6.45) is 0.967. The zero-order valence-corrected chi connectivity index (χ0v) is 14.8. The fourth-order valence-corrected chi connectivity index (χ4v) is 3.64. The lowest BCUT2D eigenvalue weighted by Crippen LogP contribution is -2.36. The molecule has 0 atom stereocenters. The highest BCUT2D eigenvalue weighted by Gasteiger charge is 2.21. The van der Waals surface area contributed by atoms with Gasteiger partial charge in [0.05, 0.1) is 26.3 Å². The first-order valence-corrected chi connectivity index (χ1v) is 9.13. The number of fused-ring (bicyclic) bond motifs is 1. The number of rotatable bonds is 4. The Bertz CT molecular complexity index is 827. The largest absolute Gasteiger partial charge is 0.502 e. The van der Waals surface area contributed by atoms with Gasteiger partial charge in [0.25, 0.3) is 0 Å². The maximum Gasteiger partial charge on any atom is 0.227 e. The van der Waals surface area contributed by atoms with Crippen LogP contribution in [-0.4, -0.2) is 47.8 Å². The molecule has 0 bridgehead atoms. The molecule has 0 aliphatic carbocycles. The van der Waals surface area contributed by atoms with Crippen molar-refractivity contribution in [1.29, 1.82) is 0 Å². The minimum absolute atomic E-state index is 0.269. The van der Waals surface area contributed by atoms with E-state index >= 15 is 0 Å². The van der Waals surface area contributed by atoms with Crippen molar-refractivity contribution in [2.45, 2.75) is 26.1 Å². The molecule has 0 unspecified atom stereocenters. The summed E-state index contributed by atoms with van der Waals surface area (Å²) in [4.78, 5) is 16.6. The van der Waals surface area contributed by atoms with Gasteiger partial charge >= 0.3 is 0 Å². The van der Waals surface area contributed by atoms with Gasteiger partial charge < -0.3 is 14.3 Å². The summed E-state index contributed by atoms with van der Waals surface area (Å²) in [5, 5.41) is 10.2. The first-order chi connectivity index (χ1) is 12.7. The van der Waals surface area contributed by atoms with Crippen LogP contribution in [0.5, 0.6) is 5.75 Å². The van der Waals surface area contributed by atoms with Crippen LogP contribution in [-0.2, 0) is 30.8 Å². The molecule has 1 aromatic carbocycles.